The summed E-state index contributed by atoms with van der Waals surface area (Å²) in [4.78, 5) is 28.1. The van der Waals surface area contributed by atoms with Crippen molar-refractivity contribution in [2.75, 3.05) is 13.2 Å². The Balaban J connectivity index is 0. The molecule has 5 nitrogen and oxygen atoms in total. The summed E-state index contributed by atoms with van der Waals surface area (Å²) in [5.41, 5.74) is 6.36. The maximum absolute atomic E-state index is 11.4. The SMILES string of the molecule is C=C=C(CC(C)COCC(C)C1C(CC)C1(C)C)C(C)=O.C=CCC.CC(=O)[C@@H](NOC(C)(C)C)C(C)(C)C. The molecule has 1 fully saturated rings. The number of nitrogens with one attached hydrogen (secondary N) is 1. The highest BCUT2D eigenvalue weighted by Gasteiger charge is 2.58. The van der Waals surface area contributed by atoms with Gasteiger partial charge in [-0.2, -0.15) is 5.48 Å². The minimum atomic E-state index is -0.279. The molecule has 1 N–H and O–H groups in total. The summed E-state index contributed by atoms with van der Waals surface area (Å²) in [6.45, 7) is 37.1. The minimum absolute atomic E-state index is 0.0655. The van der Waals surface area contributed by atoms with Gasteiger partial charge in [-0.05, 0) is 82.0 Å². The smallest absolute Gasteiger partial charge is 0.163 e. The van der Waals surface area contributed by atoms with Gasteiger partial charge >= 0.3 is 0 Å². The Morgan fingerprint density at radius 2 is 1.56 bits per heavy atom. The molecule has 0 aromatic rings. The van der Waals surface area contributed by atoms with Gasteiger partial charge in [0.15, 0.2) is 5.78 Å². The first-order chi connectivity index (χ1) is 17.7. The molecule has 5 atom stereocenters. The molecule has 1 rings (SSSR count). The van der Waals surface area contributed by atoms with Crippen LogP contribution in [0.2, 0.25) is 0 Å². The molecule has 1 saturated carbocycles. The lowest BCUT2D eigenvalue weighted by Crippen LogP contribution is -2.48. The highest BCUT2D eigenvalue weighted by Crippen LogP contribution is 2.63. The topological polar surface area (TPSA) is 64.6 Å². The van der Waals surface area contributed by atoms with E-state index in [2.05, 4.69) is 65.9 Å². The van der Waals surface area contributed by atoms with Crippen molar-refractivity contribution in [1.29, 1.82) is 0 Å². The number of hydrogen-bond acceptors (Lipinski definition) is 5. The third-order valence-corrected chi connectivity index (χ3v) is 7.21. The highest BCUT2D eigenvalue weighted by molar-refractivity contribution is 5.92. The average molecular weight is 550 g/mol. The van der Waals surface area contributed by atoms with Gasteiger partial charge in [0, 0.05) is 18.8 Å². The van der Waals surface area contributed by atoms with E-state index < -0.39 is 0 Å². The largest absolute Gasteiger partial charge is 0.381 e. The molecule has 0 radical (unpaired) electrons. The normalized spacial score (nSPS) is 20.1. The van der Waals surface area contributed by atoms with Crippen LogP contribution in [-0.4, -0.2) is 36.4 Å². The van der Waals surface area contributed by atoms with Crippen LogP contribution < -0.4 is 5.48 Å². The summed E-state index contributed by atoms with van der Waals surface area (Å²) in [7, 11) is 0. The van der Waals surface area contributed by atoms with E-state index >= 15 is 0 Å². The van der Waals surface area contributed by atoms with Crippen molar-refractivity contribution < 1.29 is 19.2 Å². The number of carbonyl (C=O) groups is 2. The zero-order chi connectivity index (χ0) is 31.2. The van der Waals surface area contributed by atoms with E-state index in [1.54, 1.807) is 13.8 Å². The fraction of sp³-hybridized carbons (Fsp3) is 0.794. The Bertz CT molecular complexity index is 793. The fourth-order valence-corrected chi connectivity index (χ4v) is 5.11. The minimum Gasteiger partial charge on any atom is -0.381 e. The van der Waals surface area contributed by atoms with Gasteiger partial charge in [0.05, 0.1) is 11.6 Å². The first kappa shape index (κ1) is 39.6. The van der Waals surface area contributed by atoms with Gasteiger partial charge < -0.3 is 4.74 Å². The average Bonchev–Trinajstić information content (AvgIpc) is 3.36. The van der Waals surface area contributed by atoms with Crippen LogP contribution in [0.4, 0.5) is 0 Å². The molecule has 0 heterocycles. The van der Waals surface area contributed by atoms with Crippen LogP contribution in [0, 0.1) is 34.5 Å². The van der Waals surface area contributed by atoms with Crippen molar-refractivity contribution in [3.05, 3.63) is 30.5 Å². The summed E-state index contributed by atoms with van der Waals surface area (Å²) in [5.74, 6) is 2.75. The third kappa shape index (κ3) is 16.4. The lowest BCUT2D eigenvalue weighted by Gasteiger charge is -2.31. The molecule has 39 heavy (non-hydrogen) atoms. The van der Waals surface area contributed by atoms with Gasteiger partial charge in [0.1, 0.15) is 5.78 Å². The molecule has 0 saturated heterocycles. The summed E-state index contributed by atoms with van der Waals surface area (Å²) in [6.07, 6.45) is 4.93. The van der Waals surface area contributed by atoms with Gasteiger partial charge in [0.25, 0.3) is 0 Å². The molecular weight excluding hydrogens is 486 g/mol. The zero-order valence-corrected chi connectivity index (χ0v) is 28.0. The van der Waals surface area contributed by atoms with Gasteiger partial charge in [-0.15, -0.1) is 12.3 Å². The van der Waals surface area contributed by atoms with E-state index in [1.165, 1.54) is 6.42 Å². The van der Waals surface area contributed by atoms with E-state index in [4.69, 9.17) is 9.57 Å². The lowest BCUT2D eigenvalue weighted by atomic mass is 9.85. The summed E-state index contributed by atoms with van der Waals surface area (Å²) in [6, 6.07) is -0.262. The van der Waals surface area contributed by atoms with Crippen LogP contribution in [0.15, 0.2) is 30.5 Å². The molecule has 1 aliphatic rings. The number of carbonyl (C=O) groups excluding carboxylic acids is 2. The second kappa shape index (κ2) is 18.0. The molecule has 4 unspecified atom stereocenters. The summed E-state index contributed by atoms with van der Waals surface area (Å²) >= 11 is 0. The van der Waals surface area contributed by atoms with Crippen molar-refractivity contribution >= 4 is 11.6 Å². The maximum atomic E-state index is 11.4. The number of Topliss-reactive ketones (excluding diaryl/α,β-unsaturated/α-hetero) is 2. The molecule has 0 spiro atoms. The molecule has 0 aromatic carbocycles. The van der Waals surface area contributed by atoms with E-state index in [1.807, 2.05) is 47.6 Å². The first-order valence-electron chi connectivity index (χ1n) is 14.7. The van der Waals surface area contributed by atoms with Crippen molar-refractivity contribution in [1.82, 2.24) is 5.48 Å². The quantitative estimate of drug-likeness (QED) is 0.108. The lowest BCUT2D eigenvalue weighted by molar-refractivity contribution is -0.137. The Morgan fingerprint density at radius 3 is 1.87 bits per heavy atom. The number of allylic oxidation sites excluding steroid dienone is 2. The number of ether oxygens (including phenoxy) is 1. The van der Waals surface area contributed by atoms with E-state index in [0.29, 0.717) is 35.9 Å². The van der Waals surface area contributed by atoms with Crippen LogP contribution in [0.25, 0.3) is 0 Å². The van der Waals surface area contributed by atoms with Crippen molar-refractivity contribution in [2.45, 2.75) is 128 Å². The zero-order valence-electron chi connectivity index (χ0n) is 28.0. The van der Waals surface area contributed by atoms with Crippen LogP contribution in [0.5, 0.6) is 0 Å². The predicted molar refractivity (Wildman–Crippen MR) is 167 cm³/mol. The number of rotatable bonds is 13. The van der Waals surface area contributed by atoms with E-state index in [9.17, 15) is 9.59 Å². The Labute approximate surface area is 242 Å². The number of hydroxylamine groups is 1. The van der Waals surface area contributed by atoms with Crippen molar-refractivity contribution in [2.24, 2.45) is 34.5 Å². The molecule has 228 valence electrons. The molecule has 0 aromatic heterocycles. The van der Waals surface area contributed by atoms with Gasteiger partial charge in [-0.1, -0.05) is 81.4 Å². The van der Waals surface area contributed by atoms with E-state index in [-0.39, 0.29) is 28.6 Å². The second-order valence-electron chi connectivity index (χ2n) is 13.8. The van der Waals surface area contributed by atoms with Gasteiger partial charge in [0.2, 0.25) is 0 Å². The monoisotopic (exact) mass is 549 g/mol. The summed E-state index contributed by atoms with van der Waals surface area (Å²) < 4.78 is 5.90. The molecule has 0 amide bonds. The standard InChI is InChI=1S/C19H32O2.C11H23NO2.C4H8/c1-8-16(15(5)20)10-13(3)11-21-12-14(4)18-17(9-2)19(18,6)7;1-8(13)9(10(2,3)4)12-14-11(5,6)7;1-3-4-2/h13-14,17-18H,1,9-12H2,2-7H3;9,12H,1-7H3;3H,1,4H2,2H3/t;9-;/m.1./s1. The molecular formula is C34H63NO4. The Kier molecular flexibility index (Phi) is 18.3. The van der Waals surface area contributed by atoms with Crippen molar-refractivity contribution in [3.8, 4) is 0 Å². The number of hydrogen-bond donors (Lipinski definition) is 1. The summed E-state index contributed by atoms with van der Waals surface area (Å²) in [5, 5.41) is 0. The Morgan fingerprint density at radius 1 is 1.05 bits per heavy atom. The Hall–Kier alpha value is -1.52. The predicted octanol–water partition coefficient (Wildman–Crippen LogP) is 8.54. The van der Waals surface area contributed by atoms with Crippen LogP contribution in [0.1, 0.15) is 116 Å². The third-order valence-electron chi connectivity index (χ3n) is 7.21. The second-order valence-corrected chi connectivity index (χ2v) is 13.8. The van der Waals surface area contributed by atoms with E-state index in [0.717, 1.165) is 24.9 Å². The van der Waals surface area contributed by atoms with Gasteiger partial charge in [-0.3, -0.25) is 14.4 Å². The number of ketones is 2. The highest BCUT2D eigenvalue weighted by atomic mass is 16.7. The first-order valence-corrected chi connectivity index (χ1v) is 14.7. The molecule has 0 aliphatic heterocycles. The molecule has 0 bridgehead atoms. The molecule has 5 heteroatoms. The van der Waals surface area contributed by atoms with Crippen LogP contribution >= 0.6 is 0 Å². The van der Waals surface area contributed by atoms with Gasteiger partial charge in [-0.25, -0.2) is 0 Å². The molecule has 1 aliphatic carbocycles. The van der Waals surface area contributed by atoms with Crippen LogP contribution in [0.3, 0.4) is 0 Å². The maximum Gasteiger partial charge on any atom is 0.163 e. The van der Waals surface area contributed by atoms with Crippen molar-refractivity contribution in [3.63, 3.8) is 0 Å². The van der Waals surface area contributed by atoms with Crippen LogP contribution in [-0.2, 0) is 19.2 Å². The fourth-order valence-electron chi connectivity index (χ4n) is 5.11.